The van der Waals surface area contributed by atoms with Crippen molar-refractivity contribution >= 4 is 29.4 Å². The van der Waals surface area contributed by atoms with Crippen LogP contribution in [0.25, 0.3) is 11.1 Å². The van der Waals surface area contributed by atoms with Crippen LogP contribution in [0.4, 0.5) is 8.78 Å². The number of hydrogen-bond donors (Lipinski definition) is 3. The number of aliphatic hydroxyl groups excluding tert-OH is 1. The Morgan fingerprint density at radius 1 is 0.883 bits per heavy atom. The minimum atomic E-state index is -1.01. The van der Waals surface area contributed by atoms with Crippen molar-refractivity contribution in [1.82, 2.24) is 19.7 Å². The number of ketones is 1. The average Bonchev–Trinajstić information content (AvgIpc) is 3.77. The second-order valence-corrected chi connectivity index (χ2v) is 15.5. The average molecular weight is 838 g/mol. The van der Waals surface area contributed by atoms with Crippen LogP contribution in [0.1, 0.15) is 63.8 Å². The third-order valence-corrected chi connectivity index (χ3v) is 9.81. The van der Waals surface area contributed by atoms with Crippen LogP contribution < -0.4 is 11.1 Å². The number of benzene rings is 2. The molecule has 0 radical (unpaired) electrons. The Morgan fingerprint density at radius 2 is 1.53 bits per heavy atom. The molecule has 2 atom stereocenters. The molecule has 1 aliphatic rings. The molecule has 0 aliphatic carbocycles. The summed E-state index contributed by atoms with van der Waals surface area (Å²) in [7, 11) is 0. The Kier molecular flexibility index (Phi) is 18.7. The molecule has 0 fully saturated rings. The summed E-state index contributed by atoms with van der Waals surface area (Å²) in [4.78, 5) is 64.4. The Balaban J connectivity index is 1.22. The minimum Gasteiger partial charge on any atom is -0.387 e. The molecule has 0 unspecified atom stereocenters. The molecule has 2 aromatic carbocycles. The van der Waals surface area contributed by atoms with E-state index in [2.05, 4.69) is 5.32 Å². The summed E-state index contributed by atoms with van der Waals surface area (Å²) < 4.78 is 47.5. The maximum Gasteiger partial charge on any atom is 0.253 e. The number of aliphatic hydroxyl groups is 1. The highest BCUT2D eigenvalue weighted by atomic mass is 19.1. The van der Waals surface area contributed by atoms with Crippen LogP contribution in [0.15, 0.2) is 72.9 Å². The number of rotatable bonds is 26. The van der Waals surface area contributed by atoms with E-state index in [4.69, 9.17) is 19.9 Å². The number of nitrogens with zero attached hydrogens (tertiary/aromatic N) is 3. The zero-order valence-corrected chi connectivity index (χ0v) is 34.6. The highest BCUT2D eigenvalue weighted by molar-refractivity contribution is 6.12. The molecule has 2 heterocycles. The summed E-state index contributed by atoms with van der Waals surface area (Å²) in [6, 6.07) is 12.8. The number of amides is 4. The molecular formula is C44H57F2N5O9. The van der Waals surface area contributed by atoms with Gasteiger partial charge in [0.1, 0.15) is 24.0 Å². The van der Waals surface area contributed by atoms with Gasteiger partial charge in [-0.1, -0.05) is 51.1 Å². The van der Waals surface area contributed by atoms with E-state index in [1.807, 2.05) is 55.7 Å². The first-order valence-electron chi connectivity index (χ1n) is 20.1. The lowest BCUT2D eigenvalue weighted by atomic mass is 9.82. The summed E-state index contributed by atoms with van der Waals surface area (Å²) in [5.41, 5.74) is 7.70. The summed E-state index contributed by atoms with van der Waals surface area (Å²) >= 11 is 0. The molecule has 14 nitrogen and oxygen atoms in total. The van der Waals surface area contributed by atoms with Crippen molar-refractivity contribution in [1.29, 1.82) is 0 Å². The largest absolute Gasteiger partial charge is 0.387 e. The summed E-state index contributed by atoms with van der Waals surface area (Å²) in [5, 5.41) is 12.9. The van der Waals surface area contributed by atoms with E-state index in [0.717, 1.165) is 28.7 Å². The van der Waals surface area contributed by atoms with Gasteiger partial charge in [-0.2, -0.15) is 0 Å². The van der Waals surface area contributed by atoms with E-state index in [9.17, 15) is 33.5 Å². The normalized spacial score (nSPS) is 13.8. The fourth-order valence-corrected chi connectivity index (χ4v) is 6.80. The van der Waals surface area contributed by atoms with Crippen molar-refractivity contribution in [3.05, 3.63) is 95.8 Å². The highest BCUT2D eigenvalue weighted by Gasteiger charge is 2.37. The van der Waals surface area contributed by atoms with Crippen molar-refractivity contribution in [3.63, 3.8) is 0 Å². The van der Waals surface area contributed by atoms with Gasteiger partial charge in [-0.05, 0) is 48.1 Å². The number of halogens is 2. The molecule has 4 N–H and O–H groups in total. The lowest BCUT2D eigenvalue weighted by Gasteiger charge is -2.41. The maximum absolute atomic E-state index is 15.0. The molecule has 4 rings (SSSR count). The monoisotopic (exact) mass is 837 g/mol. The fraction of sp³-hybridized carbons (Fsp3) is 0.477. The number of nitrogens with one attached hydrogen (secondary N) is 1. The maximum atomic E-state index is 15.0. The van der Waals surface area contributed by atoms with Crippen LogP contribution in [0.2, 0.25) is 0 Å². The SMILES string of the molecule is CC(C)(C)[C@H](c1cc(-c2cc(F)ccc2F)cn1Cc1ccccc1)N(CC[C@H](N)C(=O)NCCCC(=O)CCOCCOCCOCCN1C(=O)C=CC1=O)C(=O)CO. The number of hydrogen-bond acceptors (Lipinski definition) is 10. The Hall–Kier alpha value is -5.13. The highest BCUT2D eigenvalue weighted by Crippen LogP contribution is 2.41. The number of Topliss-reactive ketones (excluding diaryl/α,β-unsaturated/α-hetero) is 1. The predicted octanol–water partition coefficient (Wildman–Crippen LogP) is 3.94. The van der Waals surface area contributed by atoms with Gasteiger partial charge >= 0.3 is 0 Å². The van der Waals surface area contributed by atoms with Crippen molar-refractivity contribution in [2.75, 3.05) is 65.9 Å². The Bertz CT molecular complexity index is 1910. The van der Waals surface area contributed by atoms with Crippen LogP contribution in [-0.4, -0.2) is 121 Å². The smallest absolute Gasteiger partial charge is 0.253 e. The van der Waals surface area contributed by atoms with Gasteiger partial charge in [0.15, 0.2) is 0 Å². The second-order valence-electron chi connectivity index (χ2n) is 15.5. The molecule has 3 aromatic rings. The zero-order chi connectivity index (χ0) is 43.7. The van der Waals surface area contributed by atoms with Crippen LogP contribution in [0, 0.1) is 17.0 Å². The first-order valence-corrected chi connectivity index (χ1v) is 20.1. The summed E-state index contributed by atoms with van der Waals surface area (Å²) in [6.45, 7) is 7.39. The van der Waals surface area contributed by atoms with E-state index >= 15 is 4.39 Å². The molecule has 0 saturated carbocycles. The fourth-order valence-electron chi connectivity index (χ4n) is 6.80. The number of ether oxygens (including phenoxy) is 3. The lowest BCUT2D eigenvalue weighted by molar-refractivity contribution is -0.140. The van der Waals surface area contributed by atoms with Gasteiger partial charge in [-0.15, -0.1) is 0 Å². The molecule has 1 aliphatic heterocycles. The van der Waals surface area contributed by atoms with Gasteiger partial charge in [0, 0.05) is 67.6 Å². The van der Waals surface area contributed by atoms with E-state index in [1.165, 1.54) is 17.1 Å². The van der Waals surface area contributed by atoms with Crippen molar-refractivity contribution in [2.24, 2.45) is 11.1 Å². The van der Waals surface area contributed by atoms with Crippen LogP contribution in [-0.2, 0) is 44.7 Å². The molecule has 326 valence electrons. The third-order valence-electron chi connectivity index (χ3n) is 9.81. The molecule has 0 spiro atoms. The number of nitrogens with two attached hydrogens (primary N) is 1. The summed E-state index contributed by atoms with van der Waals surface area (Å²) in [6.07, 6.45) is 5.05. The van der Waals surface area contributed by atoms with E-state index in [1.54, 1.807) is 12.3 Å². The van der Waals surface area contributed by atoms with Gasteiger partial charge in [-0.3, -0.25) is 28.9 Å². The van der Waals surface area contributed by atoms with Crippen LogP contribution >= 0.6 is 0 Å². The van der Waals surface area contributed by atoms with Crippen molar-refractivity contribution in [2.45, 2.75) is 65.1 Å². The first kappa shape index (κ1) is 47.5. The zero-order valence-electron chi connectivity index (χ0n) is 34.6. The first-order chi connectivity index (χ1) is 28.7. The van der Waals surface area contributed by atoms with Gasteiger partial charge in [-0.25, -0.2) is 8.78 Å². The number of carbonyl (C=O) groups excluding carboxylic acids is 5. The van der Waals surface area contributed by atoms with E-state index in [0.29, 0.717) is 44.0 Å². The van der Waals surface area contributed by atoms with E-state index in [-0.39, 0.29) is 81.9 Å². The van der Waals surface area contributed by atoms with Gasteiger partial charge in [0.05, 0.1) is 58.3 Å². The second kappa shape index (κ2) is 23.6. The molecule has 16 heteroatoms. The van der Waals surface area contributed by atoms with Gasteiger partial charge < -0.3 is 39.8 Å². The lowest BCUT2D eigenvalue weighted by Crippen LogP contribution is -2.47. The molecule has 4 amide bonds. The number of imide groups is 1. The van der Waals surface area contributed by atoms with Gasteiger partial charge in [0.25, 0.3) is 11.8 Å². The Labute approximate surface area is 349 Å². The van der Waals surface area contributed by atoms with Crippen molar-refractivity contribution < 1.29 is 52.1 Å². The van der Waals surface area contributed by atoms with E-state index < -0.39 is 47.6 Å². The summed E-state index contributed by atoms with van der Waals surface area (Å²) in [5.74, 6) is -2.97. The van der Waals surface area contributed by atoms with Crippen LogP contribution in [0.3, 0.4) is 0 Å². The predicted molar refractivity (Wildman–Crippen MR) is 219 cm³/mol. The molecule has 1 aromatic heterocycles. The number of carbonyl (C=O) groups is 5. The standard InChI is InChI=1S/C44H57F2N5O9/c1-44(2,3)42(38-26-32(35-27-33(45)11-12-36(35)46)29-49(38)28-31-8-5-4-6-9-31)51(41(56)30-52)18-15-37(47)43(57)48-17-7-10-34(53)16-20-58-22-24-60-25-23-59-21-19-50-39(54)13-14-40(50)55/h4-6,8-9,11-14,26-27,29,37,42,52H,7,10,15-25,28,30,47H2,1-3H3,(H,48,57)/t37-,42-/m0/s1. The quantitative estimate of drug-likeness (QED) is 0.0792. The molecule has 0 saturated heterocycles. The molecule has 60 heavy (non-hydrogen) atoms. The molecular weight excluding hydrogens is 781 g/mol. The Morgan fingerprint density at radius 3 is 2.18 bits per heavy atom. The number of aromatic nitrogens is 1. The van der Waals surface area contributed by atoms with Gasteiger partial charge in [0.2, 0.25) is 11.8 Å². The van der Waals surface area contributed by atoms with Crippen molar-refractivity contribution in [3.8, 4) is 11.1 Å². The third kappa shape index (κ3) is 14.6. The molecule has 0 bridgehead atoms. The topological polar surface area (TPSA) is 183 Å². The van der Waals surface area contributed by atoms with Crippen LogP contribution in [0.5, 0.6) is 0 Å². The minimum absolute atomic E-state index is 0.0106.